The molecule has 3 heterocycles. The maximum atomic E-state index is 11.0. The van der Waals surface area contributed by atoms with Crippen LogP contribution in [0.15, 0.2) is 24.5 Å². The van der Waals surface area contributed by atoms with Gasteiger partial charge in [-0.25, -0.2) is 9.78 Å². The van der Waals surface area contributed by atoms with Gasteiger partial charge in [-0.2, -0.15) is 5.10 Å². The molecule has 0 aliphatic heterocycles. The first kappa shape index (κ1) is 12.4. The van der Waals surface area contributed by atoms with E-state index in [-0.39, 0.29) is 5.56 Å². The van der Waals surface area contributed by atoms with Gasteiger partial charge in [-0.05, 0) is 26.0 Å². The molecule has 0 bridgehead atoms. The van der Waals surface area contributed by atoms with Crippen LogP contribution in [0.25, 0.3) is 16.9 Å². The number of fused-ring (bicyclic) bond motifs is 1. The van der Waals surface area contributed by atoms with Gasteiger partial charge >= 0.3 is 5.97 Å². The van der Waals surface area contributed by atoms with E-state index in [0.717, 1.165) is 22.6 Å². The lowest BCUT2D eigenvalue weighted by Crippen LogP contribution is -1.96. The van der Waals surface area contributed by atoms with Crippen molar-refractivity contribution in [2.75, 3.05) is 0 Å². The summed E-state index contributed by atoms with van der Waals surface area (Å²) in [7, 11) is 1.89. The number of aromatic carboxylic acids is 1. The van der Waals surface area contributed by atoms with Crippen LogP contribution < -0.4 is 0 Å². The normalized spacial score (nSPS) is 11.2. The number of nitrogens with zero attached hydrogens (tertiary/aromatic N) is 4. The first-order valence-corrected chi connectivity index (χ1v) is 6.20. The summed E-state index contributed by atoms with van der Waals surface area (Å²) >= 11 is 0. The molecule has 6 nitrogen and oxygen atoms in total. The molecule has 0 amide bonds. The van der Waals surface area contributed by atoms with Gasteiger partial charge in [0.25, 0.3) is 0 Å². The van der Waals surface area contributed by atoms with Crippen LogP contribution in [0, 0.1) is 13.8 Å². The lowest BCUT2D eigenvalue weighted by atomic mass is 10.1. The average Bonchev–Trinajstić information content (AvgIpc) is 2.90. The second kappa shape index (κ2) is 4.19. The number of carboxylic acid groups (broad SMARTS) is 1. The van der Waals surface area contributed by atoms with E-state index >= 15 is 0 Å². The van der Waals surface area contributed by atoms with Crippen LogP contribution >= 0.6 is 0 Å². The molecule has 6 heteroatoms. The van der Waals surface area contributed by atoms with Crippen LogP contribution in [0.5, 0.6) is 0 Å². The topological polar surface area (TPSA) is 72.4 Å². The van der Waals surface area contributed by atoms with Crippen molar-refractivity contribution in [3.05, 3.63) is 41.5 Å². The van der Waals surface area contributed by atoms with Gasteiger partial charge in [0.05, 0.1) is 17.0 Å². The second-order valence-electron chi connectivity index (χ2n) is 4.78. The van der Waals surface area contributed by atoms with Gasteiger partial charge in [0, 0.05) is 30.7 Å². The molecule has 3 aromatic heterocycles. The highest BCUT2D eigenvalue weighted by molar-refractivity contribution is 5.88. The number of carboxylic acids is 1. The summed E-state index contributed by atoms with van der Waals surface area (Å²) in [5, 5.41) is 13.4. The minimum absolute atomic E-state index is 0.231. The molecule has 3 aromatic rings. The highest BCUT2D eigenvalue weighted by Gasteiger charge is 2.15. The average molecular weight is 270 g/mol. The van der Waals surface area contributed by atoms with E-state index in [1.807, 2.05) is 36.2 Å². The highest BCUT2D eigenvalue weighted by atomic mass is 16.4. The van der Waals surface area contributed by atoms with Gasteiger partial charge in [0.15, 0.2) is 0 Å². The number of aromatic nitrogens is 4. The van der Waals surface area contributed by atoms with E-state index in [9.17, 15) is 4.79 Å². The molecule has 0 saturated heterocycles. The van der Waals surface area contributed by atoms with E-state index in [4.69, 9.17) is 5.11 Å². The SMILES string of the molecule is Cc1nn(C)c(C)c1-c1cn2ccc(C(=O)O)cc2n1. The number of rotatable bonds is 2. The van der Waals surface area contributed by atoms with Crippen molar-refractivity contribution in [3.8, 4) is 11.3 Å². The molecule has 0 saturated carbocycles. The van der Waals surface area contributed by atoms with Crippen molar-refractivity contribution in [1.82, 2.24) is 19.2 Å². The van der Waals surface area contributed by atoms with Crippen molar-refractivity contribution < 1.29 is 9.90 Å². The molecule has 20 heavy (non-hydrogen) atoms. The van der Waals surface area contributed by atoms with E-state index in [1.165, 1.54) is 0 Å². The third-order valence-electron chi connectivity index (χ3n) is 3.47. The first-order chi connectivity index (χ1) is 9.47. The summed E-state index contributed by atoms with van der Waals surface area (Å²) in [4.78, 5) is 15.5. The number of hydrogen-bond donors (Lipinski definition) is 1. The fourth-order valence-electron chi connectivity index (χ4n) is 2.38. The Morgan fingerprint density at radius 2 is 2.10 bits per heavy atom. The van der Waals surface area contributed by atoms with Crippen molar-refractivity contribution in [3.63, 3.8) is 0 Å². The van der Waals surface area contributed by atoms with Crippen LogP contribution in [0.2, 0.25) is 0 Å². The molecular formula is C14H14N4O2. The van der Waals surface area contributed by atoms with Crippen LogP contribution in [0.1, 0.15) is 21.7 Å². The molecule has 0 unspecified atom stereocenters. The molecular weight excluding hydrogens is 256 g/mol. The fourth-order valence-corrected chi connectivity index (χ4v) is 2.38. The zero-order valence-corrected chi connectivity index (χ0v) is 11.5. The molecule has 0 radical (unpaired) electrons. The maximum Gasteiger partial charge on any atom is 0.335 e. The second-order valence-corrected chi connectivity index (χ2v) is 4.78. The number of carbonyl (C=O) groups is 1. The molecule has 0 atom stereocenters. The van der Waals surface area contributed by atoms with Gasteiger partial charge in [-0.3, -0.25) is 4.68 Å². The van der Waals surface area contributed by atoms with Gasteiger partial charge in [-0.15, -0.1) is 0 Å². The third kappa shape index (κ3) is 1.77. The zero-order valence-electron chi connectivity index (χ0n) is 11.5. The van der Waals surface area contributed by atoms with Crippen LogP contribution in [0.4, 0.5) is 0 Å². The minimum atomic E-state index is -0.953. The first-order valence-electron chi connectivity index (χ1n) is 6.20. The Morgan fingerprint density at radius 1 is 1.35 bits per heavy atom. The summed E-state index contributed by atoms with van der Waals surface area (Å²) in [6, 6.07) is 3.12. The summed E-state index contributed by atoms with van der Waals surface area (Å²) in [6.45, 7) is 3.93. The van der Waals surface area contributed by atoms with Crippen molar-refractivity contribution >= 4 is 11.6 Å². The van der Waals surface area contributed by atoms with Gasteiger partial charge < -0.3 is 9.51 Å². The molecule has 1 N–H and O–H groups in total. The number of hydrogen-bond acceptors (Lipinski definition) is 3. The smallest absolute Gasteiger partial charge is 0.335 e. The Balaban J connectivity index is 2.20. The Kier molecular flexibility index (Phi) is 2.60. The molecule has 0 aliphatic rings. The predicted octanol–water partition coefficient (Wildman–Crippen LogP) is 2.05. The van der Waals surface area contributed by atoms with Gasteiger partial charge in [0.1, 0.15) is 5.65 Å². The van der Waals surface area contributed by atoms with E-state index in [2.05, 4.69) is 10.1 Å². The predicted molar refractivity (Wildman–Crippen MR) is 73.8 cm³/mol. The Bertz CT molecular complexity index is 829. The van der Waals surface area contributed by atoms with Crippen molar-refractivity contribution in [1.29, 1.82) is 0 Å². The van der Waals surface area contributed by atoms with Gasteiger partial charge in [-0.1, -0.05) is 0 Å². The molecule has 3 rings (SSSR count). The molecule has 0 fully saturated rings. The monoisotopic (exact) mass is 270 g/mol. The third-order valence-corrected chi connectivity index (χ3v) is 3.47. The molecule has 0 aromatic carbocycles. The number of aryl methyl sites for hydroxylation is 2. The van der Waals surface area contributed by atoms with E-state index < -0.39 is 5.97 Å². The number of pyridine rings is 1. The van der Waals surface area contributed by atoms with Gasteiger partial charge in [0.2, 0.25) is 0 Å². The largest absolute Gasteiger partial charge is 0.478 e. The quantitative estimate of drug-likeness (QED) is 0.773. The zero-order chi connectivity index (χ0) is 14.4. The van der Waals surface area contributed by atoms with Crippen LogP contribution in [-0.2, 0) is 7.05 Å². The van der Waals surface area contributed by atoms with Crippen LogP contribution in [0.3, 0.4) is 0 Å². The number of imidazole rings is 1. The summed E-state index contributed by atoms with van der Waals surface area (Å²) < 4.78 is 3.63. The standard InChI is InChI=1S/C14H14N4O2/c1-8-13(9(2)17(3)16-8)11-7-18-5-4-10(14(19)20)6-12(18)15-11/h4-7H,1-3H3,(H,19,20). The Hall–Kier alpha value is -2.63. The van der Waals surface area contributed by atoms with E-state index in [0.29, 0.717) is 5.65 Å². The fraction of sp³-hybridized carbons (Fsp3) is 0.214. The Labute approximate surface area is 115 Å². The van der Waals surface area contributed by atoms with Crippen molar-refractivity contribution in [2.24, 2.45) is 7.05 Å². The van der Waals surface area contributed by atoms with Crippen LogP contribution in [-0.4, -0.2) is 30.2 Å². The van der Waals surface area contributed by atoms with Crippen molar-refractivity contribution in [2.45, 2.75) is 13.8 Å². The van der Waals surface area contributed by atoms with E-state index in [1.54, 1.807) is 18.3 Å². The summed E-state index contributed by atoms with van der Waals surface area (Å²) in [5.74, 6) is -0.953. The highest BCUT2D eigenvalue weighted by Crippen LogP contribution is 2.26. The molecule has 0 aliphatic carbocycles. The lowest BCUT2D eigenvalue weighted by molar-refractivity contribution is 0.0697. The Morgan fingerprint density at radius 3 is 2.70 bits per heavy atom. The minimum Gasteiger partial charge on any atom is -0.478 e. The summed E-state index contributed by atoms with van der Waals surface area (Å²) in [5.41, 5.74) is 4.58. The summed E-state index contributed by atoms with van der Waals surface area (Å²) in [6.07, 6.45) is 3.59. The molecule has 102 valence electrons. The maximum absolute atomic E-state index is 11.0. The lowest BCUT2D eigenvalue weighted by Gasteiger charge is -1.96. The molecule has 0 spiro atoms.